The van der Waals surface area contributed by atoms with Crippen molar-refractivity contribution >= 4 is 15.9 Å². The second-order valence-electron chi connectivity index (χ2n) is 6.39. The van der Waals surface area contributed by atoms with Gasteiger partial charge in [0.05, 0.1) is 4.90 Å². The zero-order valence-electron chi connectivity index (χ0n) is 16.0. The van der Waals surface area contributed by atoms with Gasteiger partial charge in [0.1, 0.15) is 17.7 Å². The highest BCUT2D eigenvalue weighted by molar-refractivity contribution is 7.89. The van der Waals surface area contributed by atoms with E-state index >= 15 is 0 Å². The van der Waals surface area contributed by atoms with Gasteiger partial charge >= 0.3 is 0 Å². The van der Waals surface area contributed by atoms with Crippen LogP contribution in [0, 0.1) is 5.82 Å². The first-order valence-corrected chi connectivity index (χ1v) is 10.4. The van der Waals surface area contributed by atoms with Gasteiger partial charge in [-0.1, -0.05) is 25.1 Å². The lowest BCUT2D eigenvalue weighted by Crippen LogP contribution is -2.31. The van der Waals surface area contributed by atoms with Gasteiger partial charge in [0, 0.05) is 31.5 Å². The highest BCUT2D eigenvalue weighted by Crippen LogP contribution is 2.22. The molecule has 3 rings (SSSR count). The van der Waals surface area contributed by atoms with Gasteiger partial charge in [-0.25, -0.2) is 22.5 Å². The first kappa shape index (κ1) is 20.7. The smallest absolute Gasteiger partial charge is 0.252 e. The Bertz CT molecular complexity index is 1130. The summed E-state index contributed by atoms with van der Waals surface area (Å²) in [7, 11) is -1.93. The van der Waals surface area contributed by atoms with Crippen molar-refractivity contribution in [3.63, 3.8) is 0 Å². The molecular weight excluding hydrogens is 395 g/mol. The van der Waals surface area contributed by atoms with Gasteiger partial charge in [0.2, 0.25) is 10.0 Å². The Balaban J connectivity index is 1.95. The van der Waals surface area contributed by atoms with E-state index in [2.05, 4.69) is 15.0 Å². The maximum absolute atomic E-state index is 13.8. The van der Waals surface area contributed by atoms with Crippen molar-refractivity contribution in [2.45, 2.75) is 17.9 Å². The summed E-state index contributed by atoms with van der Waals surface area (Å²) in [5.74, 6) is -0.425. The Kier molecular flexibility index (Phi) is 6.09. The van der Waals surface area contributed by atoms with Gasteiger partial charge in [0.25, 0.3) is 5.91 Å². The van der Waals surface area contributed by atoms with Crippen LogP contribution in [-0.4, -0.2) is 30.4 Å². The second kappa shape index (κ2) is 8.54. The van der Waals surface area contributed by atoms with Crippen LogP contribution in [0.15, 0.2) is 65.8 Å². The Morgan fingerprint density at radius 1 is 1.21 bits per heavy atom. The molecule has 0 radical (unpaired) electrons. The first-order valence-electron chi connectivity index (χ1n) is 8.95. The molecule has 0 bridgehead atoms. The van der Waals surface area contributed by atoms with Crippen molar-refractivity contribution < 1.29 is 17.6 Å². The Morgan fingerprint density at radius 3 is 2.62 bits per heavy atom. The van der Waals surface area contributed by atoms with Crippen molar-refractivity contribution in [1.82, 2.24) is 19.6 Å². The fraction of sp³-hybridized carbons (Fsp3) is 0.200. The molecule has 0 fully saturated rings. The van der Waals surface area contributed by atoms with Crippen molar-refractivity contribution in [1.29, 1.82) is 0 Å². The highest BCUT2D eigenvalue weighted by Gasteiger charge is 2.23. The van der Waals surface area contributed by atoms with E-state index in [0.717, 1.165) is 0 Å². The van der Waals surface area contributed by atoms with E-state index < -0.39 is 27.8 Å². The number of aromatic nitrogens is 2. The minimum absolute atomic E-state index is 0.00806. The van der Waals surface area contributed by atoms with Crippen LogP contribution in [0.1, 0.15) is 34.7 Å². The third-order valence-corrected chi connectivity index (χ3v) is 5.86. The predicted octanol–water partition coefficient (Wildman–Crippen LogP) is 2.38. The number of carbonyl (C=O) groups is 1. The van der Waals surface area contributed by atoms with Crippen LogP contribution in [0.25, 0.3) is 0 Å². The minimum Gasteiger partial charge on any atom is -0.338 e. The second-order valence-corrected chi connectivity index (χ2v) is 8.15. The van der Waals surface area contributed by atoms with Crippen LogP contribution in [-0.2, 0) is 17.1 Å². The minimum atomic E-state index is -3.70. The number of hydrogen-bond acceptors (Lipinski definition) is 4. The number of imidazole rings is 1. The topological polar surface area (TPSA) is 93.1 Å². The number of carbonyl (C=O) groups excluding carboxylic acids is 1. The number of amides is 1. The Labute approximate surface area is 168 Å². The van der Waals surface area contributed by atoms with E-state index in [1.54, 1.807) is 43.1 Å². The lowest BCUT2D eigenvalue weighted by molar-refractivity contribution is 0.0941. The number of hydrogen-bond donors (Lipinski definition) is 2. The Morgan fingerprint density at radius 2 is 1.97 bits per heavy atom. The zero-order valence-corrected chi connectivity index (χ0v) is 16.8. The quantitative estimate of drug-likeness (QED) is 0.618. The summed E-state index contributed by atoms with van der Waals surface area (Å²) < 4.78 is 42.3. The average molecular weight is 416 g/mol. The fourth-order valence-corrected chi connectivity index (χ4v) is 4.02. The van der Waals surface area contributed by atoms with Crippen LogP contribution in [0.2, 0.25) is 0 Å². The van der Waals surface area contributed by atoms with Crippen molar-refractivity contribution in [2.24, 2.45) is 7.05 Å². The molecule has 0 spiro atoms. The summed E-state index contributed by atoms with van der Waals surface area (Å²) in [4.78, 5) is 17.2. The van der Waals surface area contributed by atoms with Crippen LogP contribution in [0.5, 0.6) is 0 Å². The SMILES string of the molecule is CCNS(=O)(=O)c1cccc(C(=O)NC(c2cccc(F)c2)c2nccn2C)c1. The van der Waals surface area contributed by atoms with Gasteiger partial charge in [-0.3, -0.25) is 4.79 Å². The van der Waals surface area contributed by atoms with Gasteiger partial charge in [-0.15, -0.1) is 0 Å². The number of aryl methyl sites for hydroxylation is 1. The molecule has 9 heteroatoms. The van der Waals surface area contributed by atoms with Gasteiger partial charge in [0.15, 0.2) is 0 Å². The van der Waals surface area contributed by atoms with Crippen LogP contribution < -0.4 is 10.0 Å². The summed E-state index contributed by atoms with van der Waals surface area (Å²) in [6.45, 7) is 1.91. The maximum atomic E-state index is 13.8. The number of rotatable bonds is 7. The van der Waals surface area contributed by atoms with E-state index in [4.69, 9.17) is 0 Å². The van der Waals surface area contributed by atoms with E-state index in [0.29, 0.717) is 11.4 Å². The molecule has 0 aliphatic heterocycles. The molecule has 0 aliphatic carbocycles. The molecule has 29 heavy (non-hydrogen) atoms. The molecule has 0 aliphatic rings. The summed E-state index contributed by atoms with van der Waals surface area (Å²) in [6, 6.07) is 10.9. The standard InChI is InChI=1S/C20H21FN4O3S/c1-3-23-29(27,28)17-9-5-7-15(13-17)20(26)24-18(19-22-10-11-25(19)2)14-6-4-8-16(21)12-14/h4-13,18,23H,3H2,1-2H3,(H,24,26). The third kappa shape index (κ3) is 4.69. The molecule has 3 aromatic rings. The Hall–Kier alpha value is -3.04. The molecule has 2 aromatic carbocycles. The van der Waals surface area contributed by atoms with E-state index in [1.807, 2.05) is 0 Å². The van der Waals surface area contributed by atoms with Gasteiger partial charge in [-0.2, -0.15) is 0 Å². The van der Waals surface area contributed by atoms with E-state index in [1.165, 1.54) is 36.4 Å². The number of nitrogens with one attached hydrogen (secondary N) is 2. The summed E-state index contributed by atoms with van der Waals surface area (Å²) in [5, 5.41) is 2.83. The maximum Gasteiger partial charge on any atom is 0.252 e. The molecule has 152 valence electrons. The van der Waals surface area contributed by atoms with Crippen molar-refractivity contribution in [2.75, 3.05) is 6.54 Å². The van der Waals surface area contributed by atoms with Crippen LogP contribution >= 0.6 is 0 Å². The summed E-state index contributed by atoms with van der Waals surface area (Å²) in [6.07, 6.45) is 3.30. The predicted molar refractivity (Wildman–Crippen MR) is 106 cm³/mol. The molecule has 1 atom stereocenters. The number of nitrogens with zero attached hydrogens (tertiary/aromatic N) is 2. The molecule has 0 saturated carbocycles. The molecule has 1 heterocycles. The monoisotopic (exact) mass is 416 g/mol. The normalized spacial score (nSPS) is 12.5. The summed E-state index contributed by atoms with van der Waals surface area (Å²) in [5.41, 5.74) is 0.684. The fourth-order valence-electron chi connectivity index (χ4n) is 2.93. The molecular formula is C20H21FN4O3S. The largest absolute Gasteiger partial charge is 0.338 e. The summed E-state index contributed by atoms with van der Waals surface area (Å²) >= 11 is 0. The third-order valence-electron chi connectivity index (χ3n) is 4.31. The molecule has 7 nitrogen and oxygen atoms in total. The van der Waals surface area contributed by atoms with Gasteiger partial charge < -0.3 is 9.88 Å². The number of benzene rings is 2. The van der Waals surface area contributed by atoms with Crippen LogP contribution in [0.4, 0.5) is 4.39 Å². The molecule has 2 N–H and O–H groups in total. The highest BCUT2D eigenvalue weighted by atomic mass is 32.2. The average Bonchev–Trinajstić information content (AvgIpc) is 3.11. The first-order chi connectivity index (χ1) is 13.8. The number of sulfonamides is 1. The van der Waals surface area contributed by atoms with E-state index in [9.17, 15) is 17.6 Å². The molecule has 1 aromatic heterocycles. The van der Waals surface area contributed by atoms with Gasteiger partial charge in [-0.05, 0) is 35.9 Å². The molecule has 1 amide bonds. The van der Waals surface area contributed by atoms with E-state index in [-0.39, 0.29) is 17.0 Å². The molecule has 1 unspecified atom stereocenters. The molecule has 0 saturated heterocycles. The lowest BCUT2D eigenvalue weighted by Gasteiger charge is -2.19. The lowest BCUT2D eigenvalue weighted by atomic mass is 10.0. The van der Waals surface area contributed by atoms with Crippen molar-refractivity contribution in [3.05, 3.63) is 83.7 Å². The van der Waals surface area contributed by atoms with Crippen molar-refractivity contribution in [3.8, 4) is 0 Å². The number of halogens is 1. The zero-order chi connectivity index (χ0) is 21.0. The van der Waals surface area contributed by atoms with Crippen LogP contribution in [0.3, 0.4) is 0 Å².